The lowest BCUT2D eigenvalue weighted by atomic mass is 10.0. The van der Waals surface area contributed by atoms with E-state index in [-0.39, 0.29) is 30.4 Å². The van der Waals surface area contributed by atoms with Gasteiger partial charge in [0.15, 0.2) is 0 Å². The topological polar surface area (TPSA) is 3.24 Å². The zero-order valence-electron chi connectivity index (χ0n) is 13.9. The van der Waals surface area contributed by atoms with E-state index >= 15 is 0 Å². The van der Waals surface area contributed by atoms with Crippen molar-refractivity contribution < 1.29 is 33.8 Å². The Morgan fingerprint density at radius 3 is 1.65 bits per heavy atom. The monoisotopic (exact) mass is 369 g/mol. The minimum absolute atomic E-state index is 0. The molecule has 0 atom stereocenters. The molecule has 0 spiro atoms. The summed E-state index contributed by atoms with van der Waals surface area (Å²) in [6.45, 7) is 7.62. The minimum atomic E-state index is -0.168. The van der Waals surface area contributed by atoms with E-state index in [0.29, 0.717) is 0 Å². The van der Waals surface area contributed by atoms with Gasteiger partial charge in [0.05, 0.1) is 60.4 Å². The van der Waals surface area contributed by atoms with E-state index in [1.807, 2.05) is 0 Å². The van der Waals surface area contributed by atoms with Gasteiger partial charge in [0.25, 0.3) is 0 Å². The predicted molar refractivity (Wildman–Crippen MR) is 81.6 cm³/mol. The Morgan fingerprint density at radius 2 is 1.30 bits per heavy atom. The average Bonchev–Trinajstić information content (AvgIpc) is 2.12. The lowest BCUT2D eigenvalue weighted by Crippen LogP contribution is -3.00. The van der Waals surface area contributed by atoms with E-state index in [4.69, 9.17) is 23.6 Å². The molecule has 0 unspecified atom stereocenters. The van der Waals surface area contributed by atoms with Crippen molar-refractivity contribution in [1.82, 2.24) is 3.94 Å². The molecule has 0 amide bonds. The minimum Gasteiger partial charge on any atom is -1.00 e. The zero-order chi connectivity index (χ0) is 14.6. The van der Waals surface area contributed by atoms with Crippen LogP contribution in [-0.2, 0) is 0 Å². The van der Waals surface area contributed by atoms with Crippen molar-refractivity contribution in [2.45, 2.75) is 32.2 Å². The van der Waals surface area contributed by atoms with Gasteiger partial charge in [-0.25, -0.2) is 0 Å². The molecule has 20 heavy (non-hydrogen) atoms. The molecule has 0 fully saturated rings. The van der Waals surface area contributed by atoms with Crippen LogP contribution < -0.4 is 24.8 Å². The second-order valence-electron chi connectivity index (χ2n) is 7.55. The third-order valence-corrected chi connectivity index (χ3v) is 4.29. The van der Waals surface area contributed by atoms with E-state index < -0.39 is 0 Å². The van der Waals surface area contributed by atoms with Gasteiger partial charge in [-0.2, -0.15) is 0 Å². The fraction of sp³-hybridized carbons (Fsp3) is 1.00. The van der Waals surface area contributed by atoms with E-state index in [9.17, 15) is 0 Å². The van der Waals surface area contributed by atoms with Gasteiger partial charge in [0.1, 0.15) is 0 Å². The maximum Gasteiger partial charge on any atom is 0.0836 e. The van der Waals surface area contributed by atoms with Crippen LogP contribution in [0.25, 0.3) is 0 Å². The Bertz CT molecular complexity index is 250. The van der Waals surface area contributed by atoms with E-state index in [1.54, 1.807) is 0 Å². The van der Waals surface area contributed by atoms with Crippen LogP contribution in [0.4, 0.5) is 0 Å². The van der Waals surface area contributed by atoms with Crippen molar-refractivity contribution in [2.75, 3.05) is 54.9 Å². The Balaban J connectivity index is -0.00000144. The molecular formula is C13H31Cl4N3. The van der Waals surface area contributed by atoms with Gasteiger partial charge >= 0.3 is 0 Å². The molecule has 0 N–H and O–H groups in total. The van der Waals surface area contributed by atoms with E-state index in [1.165, 1.54) is 23.4 Å². The first-order valence-corrected chi connectivity index (χ1v) is 7.28. The summed E-state index contributed by atoms with van der Waals surface area (Å²) < 4.78 is 3.33. The van der Waals surface area contributed by atoms with Crippen molar-refractivity contribution in [1.29, 1.82) is 0 Å². The normalized spacial score (nSPS) is 12.9. The molecule has 0 aromatic carbocycles. The summed E-state index contributed by atoms with van der Waals surface area (Å²) in [4.78, 5) is 0. The Labute approximate surface area is 148 Å². The van der Waals surface area contributed by atoms with Crippen LogP contribution in [0.3, 0.4) is 0 Å². The standard InChI is InChI=1S/C13H31Cl2N3.2ClH/c1-13(2,16(14)15)9-12-18(6,7)11-8-10-17(3,4)5;;/h8-12H2,1-7H3;2*1H/q+2;;/p-2. The van der Waals surface area contributed by atoms with Crippen LogP contribution in [0.1, 0.15) is 26.7 Å². The Kier molecular flexibility index (Phi) is 12.9. The molecule has 0 saturated heterocycles. The molecule has 0 saturated carbocycles. The number of nitrogens with zero attached hydrogens (tertiary/aromatic N) is 3. The van der Waals surface area contributed by atoms with Crippen LogP contribution in [0.15, 0.2) is 0 Å². The summed E-state index contributed by atoms with van der Waals surface area (Å²) in [6, 6.07) is 0. The lowest BCUT2D eigenvalue weighted by Gasteiger charge is -2.35. The maximum atomic E-state index is 5.85. The molecule has 126 valence electrons. The molecular weight excluding hydrogens is 340 g/mol. The highest BCUT2D eigenvalue weighted by Gasteiger charge is 2.28. The van der Waals surface area contributed by atoms with Gasteiger partial charge in [0, 0.05) is 12.8 Å². The van der Waals surface area contributed by atoms with Crippen molar-refractivity contribution in [3.63, 3.8) is 0 Å². The first-order chi connectivity index (χ1) is 7.86. The smallest absolute Gasteiger partial charge is 0.0836 e. The fourth-order valence-corrected chi connectivity index (χ4v) is 1.91. The van der Waals surface area contributed by atoms with Gasteiger partial charge in [-0.1, -0.05) is 0 Å². The SMILES string of the molecule is CC(C)(CC[N+](C)(C)CCC[N+](C)(C)C)N(Cl)Cl.[Cl-].[Cl-]. The molecule has 0 rings (SSSR count). The number of hydrogen-bond donors (Lipinski definition) is 0. The molecule has 0 radical (unpaired) electrons. The number of rotatable bonds is 8. The third kappa shape index (κ3) is 12.8. The van der Waals surface area contributed by atoms with Crippen LogP contribution in [0, 0.1) is 0 Å². The van der Waals surface area contributed by atoms with Gasteiger partial charge < -0.3 is 33.8 Å². The van der Waals surface area contributed by atoms with Crippen molar-refractivity contribution >= 4 is 23.6 Å². The molecule has 0 aliphatic heterocycles. The van der Waals surface area contributed by atoms with Crippen LogP contribution >= 0.6 is 23.6 Å². The Morgan fingerprint density at radius 1 is 0.850 bits per heavy atom. The molecule has 7 heteroatoms. The van der Waals surface area contributed by atoms with Crippen molar-refractivity contribution in [3.05, 3.63) is 0 Å². The molecule has 3 nitrogen and oxygen atoms in total. The summed E-state index contributed by atoms with van der Waals surface area (Å²) in [5.74, 6) is 0. The summed E-state index contributed by atoms with van der Waals surface area (Å²) in [7, 11) is 11.3. The van der Waals surface area contributed by atoms with Gasteiger partial charge in [-0.3, -0.25) is 0 Å². The van der Waals surface area contributed by atoms with Crippen molar-refractivity contribution in [2.24, 2.45) is 0 Å². The van der Waals surface area contributed by atoms with Crippen LogP contribution in [-0.4, -0.2) is 73.3 Å². The van der Waals surface area contributed by atoms with E-state index in [0.717, 1.165) is 21.9 Å². The predicted octanol–water partition coefficient (Wildman–Crippen LogP) is -3.05. The number of hydrogen-bond acceptors (Lipinski definition) is 1. The largest absolute Gasteiger partial charge is 1.00 e. The quantitative estimate of drug-likeness (QED) is 0.324. The summed E-state index contributed by atoms with van der Waals surface area (Å²) in [5, 5.41) is 0. The van der Waals surface area contributed by atoms with Gasteiger partial charge in [0.2, 0.25) is 0 Å². The van der Waals surface area contributed by atoms with Gasteiger partial charge in [-0.05, 0) is 37.4 Å². The molecule has 0 aliphatic rings. The first kappa shape index (κ1) is 26.0. The highest BCUT2D eigenvalue weighted by Crippen LogP contribution is 2.24. The molecule has 0 heterocycles. The van der Waals surface area contributed by atoms with Gasteiger partial charge in [-0.15, -0.1) is 3.94 Å². The molecule has 0 aromatic heterocycles. The lowest BCUT2D eigenvalue weighted by molar-refractivity contribution is -0.902. The molecule has 0 aromatic rings. The average molecular weight is 371 g/mol. The van der Waals surface area contributed by atoms with Crippen LogP contribution in [0.5, 0.6) is 0 Å². The molecule has 0 aliphatic carbocycles. The summed E-state index contributed by atoms with van der Waals surface area (Å²) in [6.07, 6.45) is 2.22. The zero-order valence-corrected chi connectivity index (χ0v) is 16.9. The molecule has 0 bridgehead atoms. The summed E-state index contributed by atoms with van der Waals surface area (Å²) >= 11 is 11.7. The maximum absolute atomic E-state index is 5.85. The fourth-order valence-electron chi connectivity index (χ4n) is 1.75. The third-order valence-electron chi connectivity index (χ3n) is 3.38. The van der Waals surface area contributed by atoms with Crippen LogP contribution in [0.2, 0.25) is 0 Å². The Hall–Kier alpha value is 1.04. The van der Waals surface area contributed by atoms with Crippen molar-refractivity contribution in [3.8, 4) is 0 Å². The van der Waals surface area contributed by atoms with E-state index in [2.05, 4.69) is 49.1 Å². The highest BCUT2D eigenvalue weighted by atomic mass is 35.5. The number of halogens is 4. The second-order valence-corrected chi connectivity index (χ2v) is 8.39. The second kappa shape index (κ2) is 9.94. The first-order valence-electron chi connectivity index (χ1n) is 6.60. The number of quaternary nitrogens is 2. The summed E-state index contributed by atoms with van der Waals surface area (Å²) in [5.41, 5.74) is -0.168. The highest BCUT2D eigenvalue weighted by molar-refractivity contribution is 6.34.